The number of hydrogen-bond donors (Lipinski definition) is 1. The highest BCUT2D eigenvalue weighted by Gasteiger charge is 2.36. The fraction of sp³-hybridized carbons (Fsp3) is 0.565. The molecule has 5 rings (SSSR count). The molecule has 172 valence electrons. The van der Waals surface area contributed by atoms with Gasteiger partial charge < -0.3 is 18.9 Å². The lowest BCUT2D eigenvalue weighted by molar-refractivity contribution is 0.158. The lowest BCUT2D eigenvalue weighted by atomic mass is 10.0. The Balaban J connectivity index is 1.66. The first-order chi connectivity index (χ1) is 15.6. The number of ether oxygens (including phenoxy) is 4. The summed E-state index contributed by atoms with van der Waals surface area (Å²) < 4.78 is 25.1. The zero-order valence-electron chi connectivity index (χ0n) is 18.7. The standard InChI is InChI=1S/C23H29N3O5S/c1-13-24-22-17(23(27)25-26(22)14-8-6-4-5-7-9-14)21(32-13)15-12-16(28-2)19-20(18(15)29-3)31-11-10-30-19/h12,14,21H,4-11H2,1-3H3,(H,25,27). The molecule has 0 saturated heterocycles. The van der Waals surface area contributed by atoms with E-state index in [1.165, 1.54) is 25.7 Å². The van der Waals surface area contributed by atoms with E-state index in [-0.39, 0.29) is 16.9 Å². The third-order valence-electron chi connectivity index (χ3n) is 6.41. The first kappa shape index (κ1) is 21.3. The summed E-state index contributed by atoms with van der Waals surface area (Å²) in [7, 11) is 3.21. The molecule has 8 nitrogen and oxygen atoms in total. The molecular formula is C23H29N3O5S. The number of rotatable bonds is 4. The van der Waals surface area contributed by atoms with Crippen LogP contribution < -0.4 is 24.5 Å². The lowest BCUT2D eigenvalue weighted by Gasteiger charge is -2.28. The van der Waals surface area contributed by atoms with Gasteiger partial charge >= 0.3 is 0 Å². The zero-order chi connectivity index (χ0) is 22.2. The molecule has 1 unspecified atom stereocenters. The summed E-state index contributed by atoms with van der Waals surface area (Å²) in [5, 5.41) is 3.72. The third kappa shape index (κ3) is 3.56. The number of aliphatic imine (C=N–C) groups is 1. The summed E-state index contributed by atoms with van der Waals surface area (Å²) in [5.41, 5.74) is 1.37. The Hall–Kier alpha value is -2.55. The second-order valence-corrected chi connectivity index (χ2v) is 9.68. The monoisotopic (exact) mass is 459 g/mol. The molecule has 0 radical (unpaired) electrons. The largest absolute Gasteiger partial charge is 0.493 e. The smallest absolute Gasteiger partial charge is 0.271 e. The molecule has 0 bridgehead atoms. The maximum Gasteiger partial charge on any atom is 0.271 e. The number of thioether (sulfide) groups is 1. The van der Waals surface area contributed by atoms with Crippen LogP contribution in [0.1, 0.15) is 67.9 Å². The van der Waals surface area contributed by atoms with E-state index in [0.29, 0.717) is 41.8 Å². The van der Waals surface area contributed by atoms with E-state index in [4.69, 9.17) is 23.9 Å². The molecule has 3 heterocycles. The molecule has 0 spiro atoms. The molecular weight excluding hydrogens is 430 g/mol. The second-order valence-electron chi connectivity index (χ2n) is 8.38. The maximum atomic E-state index is 13.3. The van der Waals surface area contributed by atoms with E-state index in [1.807, 2.05) is 17.7 Å². The molecule has 1 aromatic heterocycles. The highest BCUT2D eigenvalue weighted by atomic mass is 32.2. The number of H-pyrrole nitrogens is 1. The van der Waals surface area contributed by atoms with E-state index in [0.717, 1.165) is 29.3 Å². The van der Waals surface area contributed by atoms with Crippen molar-refractivity contribution in [3.05, 3.63) is 27.5 Å². The van der Waals surface area contributed by atoms with Crippen LogP contribution in [0.5, 0.6) is 23.0 Å². The van der Waals surface area contributed by atoms with E-state index in [2.05, 4.69) is 5.10 Å². The summed E-state index contributed by atoms with van der Waals surface area (Å²) in [6.45, 7) is 2.86. The highest BCUT2D eigenvalue weighted by molar-refractivity contribution is 8.14. The molecule has 1 fully saturated rings. The van der Waals surface area contributed by atoms with Gasteiger partial charge in [-0.05, 0) is 25.8 Å². The van der Waals surface area contributed by atoms with Gasteiger partial charge in [0, 0.05) is 5.56 Å². The number of benzene rings is 1. The van der Waals surface area contributed by atoms with Crippen molar-refractivity contribution in [1.29, 1.82) is 0 Å². The van der Waals surface area contributed by atoms with E-state index in [9.17, 15) is 4.79 Å². The summed E-state index contributed by atoms with van der Waals surface area (Å²) in [6.07, 6.45) is 6.97. The minimum absolute atomic E-state index is 0.103. The first-order valence-electron chi connectivity index (χ1n) is 11.2. The van der Waals surface area contributed by atoms with Gasteiger partial charge in [0.2, 0.25) is 11.5 Å². The summed E-state index contributed by atoms with van der Waals surface area (Å²) in [5.74, 6) is 2.93. The molecule has 9 heteroatoms. The van der Waals surface area contributed by atoms with Gasteiger partial charge in [-0.2, -0.15) is 0 Å². The van der Waals surface area contributed by atoms with Gasteiger partial charge in [-0.25, -0.2) is 4.99 Å². The predicted octanol–water partition coefficient (Wildman–Crippen LogP) is 4.75. The summed E-state index contributed by atoms with van der Waals surface area (Å²) in [6, 6.07) is 2.17. The molecule has 1 saturated carbocycles. The van der Waals surface area contributed by atoms with Crippen LogP contribution in [0.15, 0.2) is 15.9 Å². The summed E-state index contributed by atoms with van der Waals surface area (Å²) in [4.78, 5) is 18.1. The average Bonchev–Trinajstić information content (AvgIpc) is 2.97. The van der Waals surface area contributed by atoms with Crippen molar-refractivity contribution in [3.63, 3.8) is 0 Å². The van der Waals surface area contributed by atoms with E-state index < -0.39 is 0 Å². The van der Waals surface area contributed by atoms with Crippen LogP contribution in [0.4, 0.5) is 5.82 Å². The van der Waals surface area contributed by atoms with Gasteiger partial charge in [0.15, 0.2) is 17.3 Å². The quantitative estimate of drug-likeness (QED) is 0.664. The van der Waals surface area contributed by atoms with Gasteiger partial charge in [-0.15, -0.1) is 0 Å². The number of aromatic nitrogens is 2. The molecule has 2 aliphatic heterocycles. The van der Waals surface area contributed by atoms with Crippen LogP contribution in [0, 0.1) is 0 Å². The zero-order valence-corrected chi connectivity index (χ0v) is 19.5. The van der Waals surface area contributed by atoms with E-state index in [1.54, 1.807) is 26.0 Å². The van der Waals surface area contributed by atoms with Crippen LogP contribution in [-0.2, 0) is 0 Å². The first-order valence-corrected chi connectivity index (χ1v) is 12.1. The number of hydrogen-bond acceptors (Lipinski definition) is 7. The molecule has 1 aromatic carbocycles. The van der Waals surface area contributed by atoms with Crippen molar-refractivity contribution < 1.29 is 18.9 Å². The number of nitrogens with one attached hydrogen (secondary N) is 1. The van der Waals surface area contributed by atoms with Crippen LogP contribution in [0.2, 0.25) is 0 Å². The third-order valence-corrected chi connectivity index (χ3v) is 7.56. The molecule has 32 heavy (non-hydrogen) atoms. The Morgan fingerprint density at radius 1 is 1.09 bits per heavy atom. The van der Waals surface area contributed by atoms with Gasteiger partial charge in [0.25, 0.3) is 5.56 Å². The van der Waals surface area contributed by atoms with Gasteiger partial charge in [0.05, 0.1) is 36.1 Å². The van der Waals surface area contributed by atoms with Crippen LogP contribution in [0.3, 0.4) is 0 Å². The van der Waals surface area contributed by atoms with Crippen LogP contribution >= 0.6 is 11.8 Å². The molecule has 3 aliphatic rings. The maximum absolute atomic E-state index is 13.3. The highest BCUT2D eigenvalue weighted by Crippen LogP contribution is 2.55. The minimum atomic E-state index is -0.294. The van der Waals surface area contributed by atoms with Gasteiger partial charge in [-0.1, -0.05) is 37.4 Å². The number of methoxy groups -OCH3 is 2. The number of nitrogens with zero attached hydrogens (tertiary/aromatic N) is 2. The van der Waals surface area contributed by atoms with Crippen molar-refractivity contribution in [1.82, 2.24) is 9.78 Å². The van der Waals surface area contributed by atoms with Gasteiger partial charge in [0.1, 0.15) is 13.2 Å². The van der Waals surface area contributed by atoms with Gasteiger partial charge in [-0.3, -0.25) is 14.6 Å². The van der Waals surface area contributed by atoms with Crippen molar-refractivity contribution in [2.45, 2.75) is 56.7 Å². The number of aromatic amines is 1. The van der Waals surface area contributed by atoms with Crippen LogP contribution in [0.25, 0.3) is 0 Å². The van der Waals surface area contributed by atoms with Crippen molar-refractivity contribution in [2.24, 2.45) is 4.99 Å². The fourth-order valence-corrected chi connectivity index (χ4v) is 6.05. The normalized spacial score (nSPS) is 20.8. The molecule has 1 N–H and O–H groups in total. The Kier molecular flexibility index (Phi) is 5.84. The van der Waals surface area contributed by atoms with E-state index >= 15 is 0 Å². The predicted molar refractivity (Wildman–Crippen MR) is 125 cm³/mol. The van der Waals surface area contributed by atoms with Crippen molar-refractivity contribution in [2.75, 3.05) is 27.4 Å². The Morgan fingerprint density at radius 3 is 2.50 bits per heavy atom. The van der Waals surface area contributed by atoms with Crippen LogP contribution in [-0.4, -0.2) is 42.3 Å². The Bertz CT molecular complexity index is 1100. The SMILES string of the molecule is COc1cc(C2SC(C)=Nc3c2c(=O)[nH]n3C2CCCCCC2)c(OC)c2c1OCCO2. The summed E-state index contributed by atoms with van der Waals surface area (Å²) >= 11 is 1.54. The molecule has 1 atom stereocenters. The van der Waals surface area contributed by atoms with Crippen molar-refractivity contribution >= 4 is 22.6 Å². The molecule has 0 amide bonds. The Morgan fingerprint density at radius 2 is 1.81 bits per heavy atom. The number of fused-ring (bicyclic) bond motifs is 2. The topological polar surface area (TPSA) is 87.1 Å². The fourth-order valence-electron chi connectivity index (χ4n) is 4.94. The lowest BCUT2D eigenvalue weighted by Crippen LogP contribution is -2.19. The van der Waals surface area contributed by atoms with Crippen molar-refractivity contribution in [3.8, 4) is 23.0 Å². The molecule has 1 aliphatic carbocycles. The molecule has 2 aromatic rings. The average molecular weight is 460 g/mol. The second kappa shape index (κ2) is 8.77. The Labute approximate surface area is 191 Å². The minimum Gasteiger partial charge on any atom is -0.493 e.